The van der Waals surface area contributed by atoms with Gasteiger partial charge in [-0.2, -0.15) is 5.26 Å². The quantitative estimate of drug-likeness (QED) is 0.462. The minimum Gasteiger partial charge on any atom is -0.376 e. The standard InChI is InChI=1S/C8H4ClFIN3S/c9-4-1-5(11)7(14-8(13)15)3(2-12)6(4)10/h1H,(H3,13,14,15). The van der Waals surface area contributed by atoms with Crippen molar-refractivity contribution in [1.82, 2.24) is 0 Å². The van der Waals surface area contributed by atoms with Gasteiger partial charge in [0.1, 0.15) is 11.6 Å². The molecule has 0 spiro atoms. The molecule has 0 aliphatic carbocycles. The average Bonchev–Trinajstić information content (AvgIpc) is 2.14. The van der Waals surface area contributed by atoms with Crippen LogP contribution in [0.15, 0.2) is 6.07 Å². The fraction of sp³-hybridized carbons (Fsp3) is 0. The van der Waals surface area contributed by atoms with E-state index < -0.39 is 5.82 Å². The largest absolute Gasteiger partial charge is 0.376 e. The zero-order valence-electron chi connectivity index (χ0n) is 7.14. The molecular weight excluding hydrogens is 352 g/mol. The fourth-order valence-corrected chi connectivity index (χ4v) is 2.15. The molecule has 1 rings (SSSR count). The lowest BCUT2D eigenvalue weighted by Crippen LogP contribution is -2.20. The van der Waals surface area contributed by atoms with E-state index >= 15 is 0 Å². The Labute approximate surface area is 110 Å². The molecule has 1 aromatic carbocycles. The third-order valence-corrected chi connectivity index (χ3v) is 2.76. The van der Waals surface area contributed by atoms with Crippen LogP contribution in [0.1, 0.15) is 5.56 Å². The van der Waals surface area contributed by atoms with Gasteiger partial charge in [-0.25, -0.2) is 4.39 Å². The number of anilines is 1. The lowest BCUT2D eigenvalue weighted by atomic mass is 10.2. The number of nitriles is 1. The molecule has 1 aromatic rings. The molecule has 78 valence electrons. The maximum absolute atomic E-state index is 13.4. The van der Waals surface area contributed by atoms with Gasteiger partial charge in [-0.1, -0.05) is 11.6 Å². The van der Waals surface area contributed by atoms with Gasteiger partial charge >= 0.3 is 0 Å². The maximum atomic E-state index is 13.4. The van der Waals surface area contributed by atoms with Crippen LogP contribution in [0.4, 0.5) is 10.1 Å². The van der Waals surface area contributed by atoms with Gasteiger partial charge < -0.3 is 11.1 Å². The SMILES string of the molecule is N#Cc1c(F)c(Cl)cc(I)c1NC(N)=S. The first-order valence-corrected chi connectivity index (χ1v) is 5.48. The van der Waals surface area contributed by atoms with Crippen molar-refractivity contribution in [1.29, 1.82) is 5.26 Å². The van der Waals surface area contributed by atoms with Gasteiger partial charge in [0.25, 0.3) is 0 Å². The molecule has 0 radical (unpaired) electrons. The smallest absolute Gasteiger partial charge is 0.168 e. The van der Waals surface area contributed by atoms with Crippen LogP contribution in [0.25, 0.3) is 0 Å². The molecule has 0 aliphatic rings. The van der Waals surface area contributed by atoms with E-state index in [0.29, 0.717) is 3.57 Å². The summed E-state index contributed by atoms with van der Waals surface area (Å²) in [5, 5.41) is 11.2. The van der Waals surface area contributed by atoms with Gasteiger partial charge in [-0.05, 0) is 40.9 Å². The van der Waals surface area contributed by atoms with Gasteiger partial charge in [0.05, 0.1) is 10.7 Å². The first kappa shape index (κ1) is 12.4. The lowest BCUT2D eigenvalue weighted by Gasteiger charge is -2.10. The Balaban J connectivity index is 3.43. The molecule has 0 aromatic heterocycles. The van der Waals surface area contributed by atoms with Gasteiger partial charge in [-0.3, -0.25) is 0 Å². The summed E-state index contributed by atoms with van der Waals surface area (Å²) in [6.07, 6.45) is 0. The zero-order valence-corrected chi connectivity index (χ0v) is 10.9. The highest BCUT2D eigenvalue weighted by Gasteiger charge is 2.16. The van der Waals surface area contributed by atoms with Gasteiger partial charge in [0.2, 0.25) is 0 Å². The molecule has 0 saturated heterocycles. The van der Waals surface area contributed by atoms with E-state index in [9.17, 15) is 4.39 Å². The van der Waals surface area contributed by atoms with Crippen LogP contribution in [-0.4, -0.2) is 5.11 Å². The Morgan fingerprint density at radius 2 is 2.33 bits per heavy atom. The highest BCUT2D eigenvalue weighted by atomic mass is 127. The van der Waals surface area contributed by atoms with Gasteiger partial charge in [0, 0.05) is 3.57 Å². The maximum Gasteiger partial charge on any atom is 0.168 e. The number of hydrogen-bond donors (Lipinski definition) is 2. The Bertz CT molecular complexity index is 472. The van der Waals surface area contributed by atoms with Crippen LogP contribution in [0.2, 0.25) is 5.02 Å². The number of nitrogens with zero attached hydrogens (tertiary/aromatic N) is 1. The average molecular weight is 356 g/mol. The highest BCUT2D eigenvalue weighted by Crippen LogP contribution is 2.30. The van der Waals surface area contributed by atoms with Crippen molar-refractivity contribution in [2.24, 2.45) is 5.73 Å². The Hall–Kier alpha value is -0.650. The summed E-state index contributed by atoms with van der Waals surface area (Å²) in [5.41, 5.74) is 5.31. The van der Waals surface area contributed by atoms with Crippen LogP contribution < -0.4 is 11.1 Å². The number of rotatable bonds is 1. The summed E-state index contributed by atoms with van der Waals surface area (Å²) >= 11 is 12.1. The van der Waals surface area contributed by atoms with E-state index in [2.05, 4.69) is 17.5 Å². The molecule has 0 heterocycles. The molecular formula is C8H4ClFIN3S. The third kappa shape index (κ3) is 2.68. The number of nitrogens with two attached hydrogens (primary N) is 1. The van der Waals surface area contributed by atoms with Crippen molar-refractivity contribution in [2.75, 3.05) is 5.32 Å². The van der Waals surface area contributed by atoms with Crippen molar-refractivity contribution in [2.45, 2.75) is 0 Å². The second-order valence-electron chi connectivity index (χ2n) is 2.51. The van der Waals surface area contributed by atoms with Crippen LogP contribution in [0, 0.1) is 20.7 Å². The van der Waals surface area contributed by atoms with E-state index in [-0.39, 0.29) is 21.4 Å². The van der Waals surface area contributed by atoms with E-state index in [4.69, 9.17) is 22.6 Å². The van der Waals surface area contributed by atoms with E-state index in [1.165, 1.54) is 6.07 Å². The molecule has 3 nitrogen and oxygen atoms in total. The fourth-order valence-electron chi connectivity index (χ4n) is 0.946. The van der Waals surface area contributed by atoms with E-state index in [1.807, 2.05) is 22.6 Å². The Morgan fingerprint density at radius 3 is 2.80 bits per heavy atom. The van der Waals surface area contributed by atoms with Crippen molar-refractivity contribution < 1.29 is 4.39 Å². The number of halogens is 3. The van der Waals surface area contributed by atoms with Crippen LogP contribution in [0.5, 0.6) is 0 Å². The summed E-state index contributed by atoms with van der Waals surface area (Å²) in [6.45, 7) is 0. The minimum atomic E-state index is -0.779. The first-order valence-electron chi connectivity index (χ1n) is 3.61. The molecule has 7 heteroatoms. The van der Waals surface area contributed by atoms with Crippen molar-refractivity contribution in [3.05, 3.63) is 26.0 Å². The number of nitrogens with one attached hydrogen (secondary N) is 1. The molecule has 0 amide bonds. The lowest BCUT2D eigenvalue weighted by molar-refractivity contribution is 0.625. The molecule has 3 N–H and O–H groups in total. The summed E-state index contributed by atoms with van der Waals surface area (Å²) in [4.78, 5) is 0. The molecule has 0 fully saturated rings. The number of thiocarbonyl (C=S) groups is 1. The van der Waals surface area contributed by atoms with Crippen LogP contribution >= 0.6 is 46.4 Å². The third-order valence-electron chi connectivity index (χ3n) is 1.53. The summed E-state index contributed by atoms with van der Waals surface area (Å²) in [7, 11) is 0. The summed E-state index contributed by atoms with van der Waals surface area (Å²) in [5.74, 6) is -0.779. The molecule has 0 aliphatic heterocycles. The monoisotopic (exact) mass is 355 g/mol. The topological polar surface area (TPSA) is 61.8 Å². The number of benzene rings is 1. The van der Waals surface area contributed by atoms with Gasteiger partial charge in [-0.15, -0.1) is 0 Å². The van der Waals surface area contributed by atoms with E-state index in [1.54, 1.807) is 6.07 Å². The van der Waals surface area contributed by atoms with Gasteiger partial charge in [0.15, 0.2) is 10.9 Å². The Kier molecular flexibility index (Phi) is 4.07. The predicted octanol–water partition coefficient (Wildman–Crippen LogP) is 2.61. The normalized spacial score (nSPS) is 9.47. The van der Waals surface area contributed by atoms with Crippen LogP contribution in [0.3, 0.4) is 0 Å². The first-order chi connectivity index (χ1) is 6.97. The molecule has 0 saturated carbocycles. The molecule has 15 heavy (non-hydrogen) atoms. The van der Waals surface area contributed by atoms with Crippen LogP contribution in [-0.2, 0) is 0 Å². The van der Waals surface area contributed by atoms with Crippen molar-refractivity contribution >= 4 is 57.2 Å². The highest BCUT2D eigenvalue weighted by molar-refractivity contribution is 14.1. The van der Waals surface area contributed by atoms with Crippen molar-refractivity contribution in [3.8, 4) is 6.07 Å². The summed E-state index contributed by atoms with van der Waals surface area (Å²) in [6, 6.07) is 3.10. The van der Waals surface area contributed by atoms with E-state index in [0.717, 1.165) is 0 Å². The molecule has 0 unspecified atom stereocenters. The minimum absolute atomic E-state index is 0.0360. The Morgan fingerprint density at radius 1 is 1.73 bits per heavy atom. The summed E-state index contributed by atoms with van der Waals surface area (Å²) < 4.78 is 14.0. The zero-order chi connectivity index (χ0) is 11.6. The molecule has 0 atom stereocenters. The second kappa shape index (κ2) is 4.92. The van der Waals surface area contributed by atoms with Crippen molar-refractivity contribution in [3.63, 3.8) is 0 Å². The second-order valence-corrected chi connectivity index (χ2v) is 4.51. The number of hydrogen-bond acceptors (Lipinski definition) is 2. The predicted molar refractivity (Wildman–Crippen MR) is 69.3 cm³/mol. The molecule has 0 bridgehead atoms.